The van der Waals surface area contributed by atoms with Crippen molar-refractivity contribution in [3.63, 3.8) is 0 Å². The summed E-state index contributed by atoms with van der Waals surface area (Å²) in [5, 5.41) is 2.66. The molecule has 0 radical (unpaired) electrons. The molecule has 0 bridgehead atoms. The van der Waals surface area contributed by atoms with E-state index in [-0.39, 0.29) is 5.91 Å². The van der Waals surface area contributed by atoms with Crippen molar-refractivity contribution < 1.29 is 4.79 Å². The second kappa shape index (κ2) is 6.85. The monoisotopic (exact) mass is 284 g/mol. The van der Waals surface area contributed by atoms with Crippen LogP contribution in [-0.4, -0.2) is 24.0 Å². The minimum absolute atomic E-state index is 0.243. The molecule has 1 atom stereocenters. The highest BCUT2D eigenvalue weighted by molar-refractivity contribution is 5.93. The van der Waals surface area contributed by atoms with Crippen molar-refractivity contribution in [3.05, 3.63) is 54.2 Å². The predicted molar refractivity (Wildman–Crippen MR) is 85.1 cm³/mol. The lowest BCUT2D eigenvalue weighted by atomic mass is 10.2. The van der Waals surface area contributed by atoms with Gasteiger partial charge >= 0.3 is 0 Å². The third kappa shape index (κ3) is 4.29. The van der Waals surface area contributed by atoms with E-state index in [2.05, 4.69) is 27.3 Å². The molecule has 0 aliphatic rings. The van der Waals surface area contributed by atoms with Crippen molar-refractivity contribution in [3.8, 4) is 0 Å². The molecule has 1 amide bonds. The number of carbonyl (C=O) groups is 1. The molecule has 0 spiro atoms. The van der Waals surface area contributed by atoms with Gasteiger partial charge in [-0.3, -0.25) is 4.79 Å². The maximum atomic E-state index is 11.5. The van der Waals surface area contributed by atoms with Crippen molar-refractivity contribution in [1.82, 2.24) is 4.98 Å². The molecule has 5 heteroatoms. The van der Waals surface area contributed by atoms with Crippen LogP contribution in [0.2, 0.25) is 0 Å². The van der Waals surface area contributed by atoms with E-state index in [1.165, 1.54) is 5.56 Å². The Kier molecular flexibility index (Phi) is 4.90. The highest BCUT2D eigenvalue weighted by Crippen LogP contribution is 2.16. The van der Waals surface area contributed by atoms with Gasteiger partial charge in [0.1, 0.15) is 5.82 Å². The lowest BCUT2D eigenvalue weighted by molar-refractivity contribution is -0.117. The van der Waals surface area contributed by atoms with Gasteiger partial charge in [0.05, 0.1) is 17.9 Å². The largest absolute Gasteiger partial charge is 0.369 e. The first-order valence-corrected chi connectivity index (χ1v) is 6.84. The van der Waals surface area contributed by atoms with Crippen molar-refractivity contribution in [1.29, 1.82) is 0 Å². The van der Waals surface area contributed by atoms with Crippen LogP contribution >= 0.6 is 0 Å². The van der Waals surface area contributed by atoms with Crippen LogP contribution in [0.5, 0.6) is 0 Å². The van der Waals surface area contributed by atoms with Gasteiger partial charge in [-0.1, -0.05) is 30.3 Å². The predicted octanol–water partition coefficient (Wildman–Crippen LogP) is 2.00. The minimum atomic E-state index is -0.549. The fourth-order valence-corrected chi connectivity index (χ4v) is 1.87. The Morgan fingerprint density at radius 3 is 2.57 bits per heavy atom. The summed E-state index contributed by atoms with van der Waals surface area (Å²) in [5.41, 5.74) is 7.71. The quantitative estimate of drug-likeness (QED) is 0.881. The summed E-state index contributed by atoms with van der Waals surface area (Å²) in [6.45, 7) is 2.44. The van der Waals surface area contributed by atoms with Crippen molar-refractivity contribution in [2.75, 3.05) is 17.3 Å². The minimum Gasteiger partial charge on any atom is -0.369 e. The molecule has 5 nitrogen and oxygen atoms in total. The van der Waals surface area contributed by atoms with Crippen LogP contribution in [0.3, 0.4) is 0 Å². The Morgan fingerprint density at radius 1 is 1.29 bits per heavy atom. The zero-order chi connectivity index (χ0) is 15.2. The number of hydrogen-bond acceptors (Lipinski definition) is 4. The summed E-state index contributed by atoms with van der Waals surface area (Å²) in [5.74, 6) is 0.266. The number of amides is 1. The number of nitrogens with one attached hydrogen (secondary N) is 1. The normalized spacial score (nSPS) is 11.8. The van der Waals surface area contributed by atoms with Gasteiger partial charge in [0.2, 0.25) is 5.91 Å². The van der Waals surface area contributed by atoms with E-state index in [9.17, 15) is 4.79 Å². The maximum Gasteiger partial charge on any atom is 0.242 e. The molecule has 3 N–H and O–H groups in total. The van der Waals surface area contributed by atoms with Gasteiger partial charge in [0.25, 0.3) is 0 Å². The molecule has 1 heterocycles. The lowest BCUT2D eigenvalue weighted by Gasteiger charge is -2.19. The summed E-state index contributed by atoms with van der Waals surface area (Å²) in [4.78, 5) is 17.8. The molecule has 21 heavy (non-hydrogen) atoms. The van der Waals surface area contributed by atoms with Crippen LogP contribution in [0.4, 0.5) is 11.5 Å². The number of carbonyl (C=O) groups excluding carboxylic acids is 1. The van der Waals surface area contributed by atoms with Crippen molar-refractivity contribution >= 4 is 17.4 Å². The molecular weight excluding hydrogens is 264 g/mol. The molecule has 0 saturated carbocycles. The van der Waals surface area contributed by atoms with E-state index in [1.807, 2.05) is 31.3 Å². The number of anilines is 2. The maximum absolute atomic E-state index is 11.5. The zero-order valence-electron chi connectivity index (χ0n) is 12.3. The van der Waals surface area contributed by atoms with Crippen LogP contribution in [0.15, 0.2) is 48.7 Å². The second-order valence-electron chi connectivity index (χ2n) is 5.02. The first-order chi connectivity index (χ1) is 10.1. The lowest BCUT2D eigenvalue weighted by Crippen LogP contribution is -2.32. The van der Waals surface area contributed by atoms with Gasteiger partial charge in [0.15, 0.2) is 0 Å². The summed E-state index contributed by atoms with van der Waals surface area (Å²) in [7, 11) is 2.00. The number of rotatable bonds is 5. The van der Waals surface area contributed by atoms with Gasteiger partial charge in [0, 0.05) is 13.6 Å². The highest BCUT2D eigenvalue weighted by Gasteiger charge is 2.08. The zero-order valence-corrected chi connectivity index (χ0v) is 12.3. The smallest absolute Gasteiger partial charge is 0.242 e. The molecule has 1 aromatic heterocycles. The Morgan fingerprint density at radius 2 is 2.00 bits per heavy atom. The van der Waals surface area contributed by atoms with E-state index >= 15 is 0 Å². The number of benzene rings is 1. The third-order valence-electron chi connectivity index (χ3n) is 3.12. The SMILES string of the molecule is CC(N)C(=O)Nc1ccc(N(C)Cc2ccccc2)cn1. The Hall–Kier alpha value is -2.40. The summed E-state index contributed by atoms with van der Waals surface area (Å²) in [6.07, 6.45) is 1.74. The van der Waals surface area contributed by atoms with E-state index in [0.717, 1.165) is 12.2 Å². The standard InChI is InChI=1S/C16H20N4O/c1-12(17)16(21)19-15-9-8-14(10-18-15)20(2)11-13-6-4-3-5-7-13/h3-10,12H,11,17H2,1-2H3,(H,18,19,21). The molecule has 1 unspecified atom stereocenters. The Bertz CT molecular complexity index is 581. The second-order valence-corrected chi connectivity index (χ2v) is 5.02. The average molecular weight is 284 g/mol. The number of aromatic nitrogens is 1. The van der Waals surface area contributed by atoms with Crippen molar-refractivity contribution in [2.45, 2.75) is 19.5 Å². The average Bonchev–Trinajstić information content (AvgIpc) is 2.48. The number of nitrogens with zero attached hydrogens (tertiary/aromatic N) is 2. The fraction of sp³-hybridized carbons (Fsp3) is 0.250. The molecule has 0 aliphatic heterocycles. The van der Waals surface area contributed by atoms with Crippen LogP contribution in [0, 0.1) is 0 Å². The van der Waals surface area contributed by atoms with Crippen LogP contribution in [0.25, 0.3) is 0 Å². The van der Waals surface area contributed by atoms with Crippen LogP contribution in [0.1, 0.15) is 12.5 Å². The third-order valence-corrected chi connectivity index (χ3v) is 3.12. The Balaban J connectivity index is 2.00. The molecule has 0 aliphatic carbocycles. The molecule has 110 valence electrons. The molecule has 2 aromatic rings. The summed E-state index contributed by atoms with van der Waals surface area (Å²) in [6, 6.07) is 13.4. The van der Waals surface area contributed by atoms with Gasteiger partial charge in [-0.15, -0.1) is 0 Å². The van der Waals surface area contributed by atoms with Gasteiger partial charge in [-0.05, 0) is 24.6 Å². The van der Waals surface area contributed by atoms with E-state index in [4.69, 9.17) is 5.73 Å². The number of pyridine rings is 1. The van der Waals surface area contributed by atoms with Crippen LogP contribution < -0.4 is 16.0 Å². The van der Waals surface area contributed by atoms with Gasteiger partial charge < -0.3 is 16.0 Å². The van der Waals surface area contributed by atoms with Crippen molar-refractivity contribution in [2.24, 2.45) is 5.73 Å². The fourth-order valence-electron chi connectivity index (χ4n) is 1.87. The number of nitrogens with two attached hydrogens (primary N) is 1. The highest BCUT2D eigenvalue weighted by atomic mass is 16.2. The molecule has 2 rings (SSSR count). The molecule has 0 saturated heterocycles. The first kappa shape index (κ1) is 15.0. The molecular formula is C16H20N4O. The van der Waals surface area contributed by atoms with Gasteiger partial charge in [-0.25, -0.2) is 4.98 Å². The topological polar surface area (TPSA) is 71.2 Å². The summed E-state index contributed by atoms with van der Waals surface area (Å²) < 4.78 is 0. The van der Waals surface area contributed by atoms with E-state index in [0.29, 0.717) is 5.82 Å². The number of hydrogen-bond donors (Lipinski definition) is 2. The van der Waals surface area contributed by atoms with Crippen LogP contribution in [-0.2, 0) is 11.3 Å². The first-order valence-electron chi connectivity index (χ1n) is 6.84. The summed E-state index contributed by atoms with van der Waals surface area (Å²) >= 11 is 0. The Labute approximate surface area is 124 Å². The molecule has 0 fully saturated rings. The molecule has 1 aromatic carbocycles. The van der Waals surface area contributed by atoms with E-state index in [1.54, 1.807) is 19.2 Å². The van der Waals surface area contributed by atoms with Gasteiger partial charge in [-0.2, -0.15) is 0 Å². The van der Waals surface area contributed by atoms with E-state index < -0.39 is 6.04 Å².